The standard InChI is InChI=1S/C26H19F2NO5S2/c27-19-6-1-16(2-7-19)14-33-21-10-5-18(11-22(21)34-15-17-3-8-20(28)9-4-17)12-23-25(32)29(13-24(30)31)26(35)36-23/h1-12H,13-15H2,(H,30,31)/b23-12-. The number of halogens is 2. The fourth-order valence-corrected chi connectivity index (χ4v) is 4.51. The molecule has 0 aromatic heterocycles. The fourth-order valence-electron chi connectivity index (χ4n) is 3.25. The molecule has 10 heteroatoms. The van der Waals surface area contributed by atoms with Gasteiger partial charge in [-0.15, -0.1) is 0 Å². The Balaban J connectivity index is 1.57. The Hall–Kier alpha value is -3.76. The molecular formula is C26H19F2NO5S2. The van der Waals surface area contributed by atoms with Crippen LogP contribution in [-0.2, 0) is 22.8 Å². The van der Waals surface area contributed by atoms with E-state index >= 15 is 0 Å². The third kappa shape index (κ3) is 6.46. The molecule has 3 aromatic carbocycles. The van der Waals surface area contributed by atoms with E-state index in [2.05, 4.69) is 0 Å². The number of thioether (sulfide) groups is 1. The van der Waals surface area contributed by atoms with Crippen LogP contribution in [0, 0.1) is 11.6 Å². The number of ether oxygens (including phenoxy) is 2. The summed E-state index contributed by atoms with van der Waals surface area (Å²) in [5.74, 6) is -1.57. The minimum Gasteiger partial charge on any atom is -0.485 e. The third-order valence-electron chi connectivity index (χ3n) is 5.05. The molecule has 1 aliphatic rings. The maximum Gasteiger partial charge on any atom is 0.323 e. The molecule has 6 nitrogen and oxygen atoms in total. The van der Waals surface area contributed by atoms with Gasteiger partial charge in [-0.2, -0.15) is 0 Å². The number of thiocarbonyl (C=S) groups is 1. The van der Waals surface area contributed by atoms with Gasteiger partial charge < -0.3 is 14.6 Å². The van der Waals surface area contributed by atoms with Crippen molar-refractivity contribution in [2.45, 2.75) is 13.2 Å². The molecule has 1 N–H and O–H groups in total. The SMILES string of the molecule is O=C(O)CN1C(=O)/C(=C/c2ccc(OCc3ccc(F)cc3)c(OCc3ccc(F)cc3)c2)SC1=S. The van der Waals surface area contributed by atoms with Crippen molar-refractivity contribution in [1.29, 1.82) is 0 Å². The van der Waals surface area contributed by atoms with Crippen molar-refractivity contribution in [2.24, 2.45) is 0 Å². The normalized spacial score (nSPS) is 14.4. The van der Waals surface area contributed by atoms with Crippen molar-refractivity contribution in [1.82, 2.24) is 4.90 Å². The van der Waals surface area contributed by atoms with E-state index < -0.39 is 18.4 Å². The minimum atomic E-state index is -1.16. The molecule has 1 heterocycles. The molecule has 3 aromatic rings. The largest absolute Gasteiger partial charge is 0.485 e. The van der Waals surface area contributed by atoms with Crippen molar-refractivity contribution in [3.8, 4) is 11.5 Å². The molecule has 0 bridgehead atoms. The Labute approximate surface area is 215 Å². The molecule has 1 fully saturated rings. The van der Waals surface area contributed by atoms with Crippen LogP contribution in [0.25, 0.3) is 6.08 Å². The number of amides is 1. The number of carboxylic acids is 1. The van der Waals surface area contributed by atoms with Gasteiger partial charge in [0.25, 0.3) is 5.91 Å². The summed E-state index contributed by atoms with van der Waals surface area (Å²) in [7, 11) is 0. The molecule has 36 heavy (non-hydrogen) atoms. The topological polar surface area (TPSA) is 76.1 Å². The van der Waals surface area contributed by atoms with Crippen LogP contribution in [0.3, 0.4) is 0 Å². The number of benzene rings is 3. The summed E-state index contributed by atoms with van der Waals surface area (Å²) in [5, 5.41) is 9.01. The second-order valence-corrected chi connectivity index (χ2v) is 9.37. The van der Waals surface area contributed by atoms with Gasteiger partial charge in [0.2, 0.25) is 0 Å². The average molecular weight is 528 g/mol. The smallest absolute Gasteiger partial charge is 0.323 e. The van der Waals surface area contributed by atoms with E-state index in [1.165, 1.54) is 24.3 Å². The van der Waals surface area contributed by atoms with Gasteiger partial charge in [0.1, 0.15) is 35.7 Å². The lowest BCUT2D eigenvalue weighted by molar-refractivity contribution is -0.140. The van der Waals surface area contributed by atoms with E-state index in [-0.39, 0.29) is 34.1 Å². The summed E-state index contributed by atoms with van der Waals surface area (Å²) in [6, 6.07) is 16.8. The summed E-state index contributed by atoms with van der Waals surface area (Å²) >= 11 is 6.15. The Morgan fingerprint density at radius 1 is 0.917 bits per heavy atom. The maximum absolute atomic E-state index is 13.2. The number of carbonyl (C=O) groups excluding carboxylic acids is 1. The molecule has 0 spiro atoms. The zero-order valence-corrected chi connectivity index (χ0v) is 20.3. The number of hydrogen-bond acceptors (Lipinski definition) is 6. The van der Waals surface area contributed by atoms with Crippen molar-refractivity contribution in [3.05, 3.63) is 100.0 Å². The number of rotatable bonds is 9. The van der Waals surface area contributed by atoms with E-state index in [0.29, 0.717) is 17.1 Å². The van der Waals surface area contributed by atoms with Gasteiger partial charge in [0, 0.05) is 0 Å². The van der Waals surface area contributed by atoms with Crippen LogP contribution in [-0.4, -0.2) is 32.7 Å². The summed E-state index contributed by atoms with van der Waals surface area (Å²) < 4.78 is 38.5. The van der Waals surface area contributed by atoms with E-state index in [0.717, 1.165) is 27.8 Å². The second kappa shape index (κ2) is 11.3. The average Bonchev–Trinajstić information content (AvgIpc) is 3.11. The molecule has 1 amide bonds. The lowest BCUT2D eigenvalue weighted by Gasteiger charge is -2.14. The van der Waals surface area contributed by atoms with Crippen molar-refractivity contribution >= 4 is 46.3 Å². The molecule has 0 aliphatic carbocycles. The second-order valence-electron chi connectivity index (χ2n) is 7.70. The van der Waals surface area contributed by atoms with Gasteiger partial charge in [-0.25, -0.2) is 8.78 Å². The molecular weight excluding hydrogens is 508 g/mol. The molecule has 0 unspecified atom stereocenters. The summed E-state index contributed by atoms with van der Waals surface area (Å²) in [5.41, 5.74) is 2.10. The van der Waals surface area contributed by atoms with Crippen LogP contribution in [0.5, 0.6) is 11.5 Å². The number of carboxylic acid groups (broad SMARTS) is 1. The first kappa shape index (κ1) is 25.3. The maximum atomic E-state index is 13.2. The van der Waals surface area contributed by atoms with Crippen LogP contribution in [0.1, 0.15) is 16.7 Å². The zero-order chi connectivity index (χ0) is 25.7. The fraction of sp³-hybridized carbons (Fsp3) is 0.115. The van der Waals surface area contributed by atoms with Crippen LogP contribution in [0.4, 0.5) is 8.78 Å². The summed E-state index contributed by atoms with van der Waals surface area (Å²) in [4.78, 5) is 24.9. The third-order valence-corrected chi connectivity index (χ3v) is 6.43. The van der Waals surface area contributed by atoms with E-state index in [1.54, 1.807) is 48.5 Å². The Kier molecular flexibility index (Phi) is 7.97. The van der Waals surface area contributed by atoms with Gasteiger partial charge in [0.05, 0.1) is 4.91 Å². The number of carbonyl (C=O) groups is 2. The quantitative estimate of drug-likeness (QED) is 0.295. The summed E-state index contributed by atoms with van der Waals surface area (Å²) in [6.45, 7) is -0.206. The monoisotopic (exact) mass is 527 g/mol. The Morgan fingerprint density at radius 2 is 1.47 bits per heavy atom. The highest BCUT2D eigenvalue weighted by Gasteiger charge is 2.33. The molecule has 4 rings (SSSR count). The molecule has 0 saturated carbocycles. The van der Waals surface area contributed by atoms with E-state index in [9.17, 15) is 18.4 Å². The highest BCUT2D eigenvalue weighted by atomic mass is 32.2. The van der Waals surface area contributed by atoms with Crippen LogP contribution < -0.4 is 9.47 Å². The molecule has 0 atom stereocenters. The van der Waals surface area contributed by atoms with E-state index in [4.69, 9.17) is 26.8 Å². The predicted molar refractivity (Wildman–Crippen MR) is 135 cm³/mol. The lowest BCUT2D eigenvalue weighted by Crippen LogP contribution is -2.33. The predicted octanol–water partition coefficient (Wildman–Crippen LogP) is 5.41. The highest BCUT2D eigenvalue weighted by molar-refractivity contribution is 8.26. The Morgan fingerprint density at radius 3 is 2.03 bits per heavy atom. The number of hydrogen-bond donors (Lipinski definition) is 1. The highest BCUT2D eigenvalue weighted by Crippen LogP contribution is 2.35. The zero-order valence-electron chi connectivity index (χ0n) is 18.6. The van der Waals surface area contributed by atoms with Gasteiger partial charge in [-0.05, 0) is 59.2 Å². The van der Waals surface area contributed by atoms with Crippen molar-refractivity contribution in [2.75, 3.05) is 6.54 Å². The van der Waals surface area contributed by atoms with Gasteiger partial charge in [-0.1, -0.05) is 54.3 Å². The Bertz CT molecular complexity index is 1330. The molecule has 184 valence electrons. The van der Waals surface area contributed by atoms with Crippen LogP contribution in [0.15, 0.2) is 71.6 Å². The van der Waals surface area contributed by atoms with Gasteiger partial charge in [-0.3, -0.25) is 14.5 Å². The van der Waals surface area contributed by atoms with Crippen LogP contribution >= 0.6 is 24.0 Å². The first-order valence-corrected chi connectivity index (χ1v) is 11.9. The van der Waals surface area contributed by atoms with Crippen LogP contribution in [0.2, 0.25) is 0 Å². The number of nitrogens with zero attached hydrogens (tertiary/aromatic N) is 1. The summed E-state index contributed by atoms with van der Waals surface area (Å²) in [6.07, 6.45) is 1.59. The van der Waals surface area contributed by atoms with Crippen molar-refractivity contribution in [3.63, 3.8) is 0 Å². The van der Waals surface area contributed by atoms with Crippen molar-refractivity contribution < 1.29 is 33.0 Å². The molecule has 0 radical (unpaired) electrons. The van der Waals surface area contributed by atoms with Gasteiger partial charge >= 0.3 is 5.97 Å². The lowest BCUT2D eigenvalue weighted by atomic mass is 10.1. The number of aliphatic carboxylic acids is 1. The first-order valence-electron chi connectivity index (χ1n) is 10.6. The van der Waals surface area contributed by atoms with E-state index in [1.807, 2.05) is 0 Å². The first-order chi connectivity index (χ1) is 17.3. The molecule has 1 saturated heterocycles. The minimum absolute atomic E-state index is 0.136. The van der Waals surface area contributed by atoms with Gasteiger partial charge in [0.15, 0.2) is 11.5 Å². The molecule has 1 aliphatic heterocycles.